The number of fused-ring (bicyclic) bond motifs is 1. The molecule has 2 aliphatic heterocycles. The number of rotatable bonds is 7. The Balaban J connectivity index is 1.17. The van der Waals surface area contributed by atoms with Gasteiger partial charge < -0.3 is 9.80 Å². The van der Waals surface area contributed by atoms with E-state index in [9.17, 15) is 9.18 Å². The molecule has 8 nitrogen and oxygen atoms in total. The second-order valence-electron chi connectivity index (χ2n) is 11.0. The summed E-state index contributed by atoms with van der Waals surface area (Å²) < 4.78 is 15.6. The van der Waals surface area contributed by atoms with Gasteiger partial charge in [0, 0.05) is 37.3 Å². The molecule has 2 saturated heterocycles. The van der Waals surface area contributed by atoms with Crippen LogP contribution in [0.2, 0.25) is 0 Å². The van der Waals surface area contributed by atoms with Gasteiger partial charge in [-0.3, -0.25) is 14.1 Å². The summed E-state index contributed by atoms with van der Waals surface area (Å²) in [7, 11) is 2.03. The molecule has 0 N–H and O–H groups in total. The minimum absolute atomic E-state index is 0.0209. The molecule has 0 unspecified atom stereocenters. The first kappa shape index (κ1) is 27.4. The summed E-state index contributed by atoms with van der Waals surface area (Å²) in [5.74, 6) is 1.29. The van der Waals surface area contributed by atoms with Crippen LogP contribution in [0.15, 0.2) is 48.0 Å². The van der Waals surface area contributed by atoms with Crippen molar-refractivity contribution in [3.05, 3.63) is 65.0 Å². The third-order valence-corrected chi connectivity index (χ3v) is 9.32. The molecule has 1 amide bonds. The maximum atomic E-state index is 13.4. The maximum absolute atomic E-state index is 13.4. The highest BCUT2D eigenvalue weighted by atomic mass is 32.1. The smallest absolute Gasteiger partial charge is 0.236 e. The average molecular weight is 572 g/mol. The first-order valence-corrected chi connectivity index (χ1v) is 15.2. The van der Waals surface area contributed by atoms with Crippen LogP contribution in [0.25, 0.3) is 16.9 Å². The molecule has 1 atom stereocenters. The Morgan fingerprint density at radius 3 is 2.61 bits per heavy atom. The highest BCUT2D eigenvalue weighted by Gasteiger charge is 2.29. The van der Waals surface area contributed by atoms with Crippen molar-refractivity contribution < 1.29 is 9.18 Å². The number of likely N-dealkylation sites (tertiary alicyclic amines) is 2. The van der Waals surface area contributed by atoms with E-state index in [0.29, 0.717) is 25.6 Å². The molecule has 2 aliphatic rings. The lowest BCUT2D eigenvalue weighted by molar-refractivity contribution is -0.131. The van der Waals surface area contributed by atoms with Crippen molar-refractivity contribution in [3.63, 3.8) is 0 Å². The predicted molar refractivity (Wildman–Crippen MR) is 159 cm³/mol. The molecular weight excluding hydrogens is 537 g/mol. The van der Waals surface area contributed by atoms with Crippen molar-refractivity contribution in [1.82, 2.24) is 24.2 Å². The molecule has 0 saturated carbocycles. The Bertz CT molecular complexity index is 1580. The van der Waals surface area contributed by atoms with Crippen LogP contribution in [0, 0.1) is 23.1 Å². The van der Waals surface area contributed by atoms with Gasteiger partial charge in [-0.05, 0) is 80.6 Å². The number of carbonyl (C=O) groups is 1. The molecule has 6 rings (SSSR count). The van der Waals surface area contributed by atoms with Crippen LogP contribution >= 0.6 is 11.3 Å². The van der Waals surface area contributed by atoms with E-state index in [1.807, 2.05) is 17.3 Å². The number of hydrogen-bond donors (Lipinski definition) is 0. The van der Waals surface area contributed by atoms with Crippen LogP contribution in [-0.2, 0) is 11.2 Å². The third-order valence-electron chi connectivity index (χ3n) is 8.40. The Morgan fingerprint density at radius 1 is 1.12 bits per heavy atom. The Labute approximate surface area is 243 Å². The van der Waals surface area contributed by atoms with Gasteiger partial charge >= 0.3 is 0 Å². The van der Waals surface area contributed by atoms with Crippen LogP contribution in [0.1, 0.15) is 43.4 Å². The van der Waals surface area contributed by atoms with Crippen molar-refractivity contribution >= 4 is 33.8 Å². The molecule has 2 fully saturated rings. The van der Waals surface area contributed by atoms with E-state index < -0.39 is 0 Å². The van der Waals surface area contributed by atoms with Gasteiger partial charge in [-0.2, -0.15) is 5.26 Å². The standard InChI is InChI=1S/C31H34FN7OS/c1-3-26-30(36(2)31-35-27(20-41-31)23-4-7-25(32)8-5-23)39-18-24(6-9-28(39)34-26)22-11-13-37(14-12-22)19-29(40)38-15-10-21(16-33)17-38/h4-9,18,20-22H,3,10-15,17,19H2,1-2H3/t21-/m1/s1. The molecule has 0 radical (unpaired) electrons. The van der Waals surface area contributed by atoms with Crippen molar-refractivity contribution in [2.24, 2.45) is 5.92 Å². The van der Waals surface area contributed by atoms with E-state index in [4.69, 9.17) is 15.2 Å². The van der Waals surface area contributed by atoms with Crippen LogP contribution in [0.3, 0.4) is 0 Å². The van der Waals surface area contributed by atoms with Gasteiger partial charge in [0.15, 0.2) is 5.13 Å². The first-order valence-electron chi connectivity index (χ1n) is 14.3. The summed E-state index contributed by atoms with van der Waals surface area (Å²) >= 11 is 1.56. The van der Waals surface area contributed by atoms with E-state index in [1.54, 1.807) is 23.5 Å². The molecule has 4 aromatic rings. The van der Waals surface area contributed by atoms with E-state index >= 15 is 0 Å². The zero-order valence-corrected chi connectivity index (χ0v) is 24.3. The number of pyridine rings is 1. The Kier molecular flexibility index (Phi) is 7.73. The average Bonchev–Trinajstić information content (AvgIpc) is 3.76. The lowest BCUT2D eigenvalue weighted by atomic mass is 9.90. The van der Waals surface area contributed by atoms with Gasteiger partial charge in [0.05, 0.1) is 29.9 Å². The number of benzene rings is 1. The summed E-state index contributed by atoms with van der Waals surface area (Å²) in [6.45, 7) is 5.59. The Morgan fingerprint density at radius 2 is 1.90 bits per heavy atom. The molecular formula is C31H34FN7OS. The van der Waals surface area contributed by atoms with Crippen molar-refractivity contribution in [1.29, 1.82) is 5.26 Å². The van der Waals surface area contributed by atoms with Crippen LogP contribution < -0.4 is 4.90 Å². The fraction of sp³-hybridized carbons (Fsp3) is 0.419. The summed E-state index contributed by atoms with van der Waals surface area (Å²) in [6, 6.07) is 13.0. The number of carbonyl (C=O) groups excluding carboxylic acids is 1. The number of piperidine rings is 1. The number of amides is 1. The summed E-state index contributed by atoms with van der Waals surface area (Å²) in [5, 5.41) is 12.0. The van der Waals surface area contributed by atoms with E-state index in [-0.39, 0.29) is 17.6 Å². The largest absolute Gasteiger partial charge is 0.340 e. The van der Waals surface area contributed by atoms with Crippen LogP contribution in [-0.4, -0.2) is 69.8 Å². The molecule has 5 heterocycles. The number of anilines is 2. The van der Waals surface area contributed by atoms with Gasteiger partial charge in [-0.1, -0.05) is 13.0 Å². The molecule has 0 bridgehead atoms. The molecule has 3 aromatic heterocycles. The zero-order chi connectivity index (χ0) is 28.5. The quantitative estimate of drug-likeness (QED) is 0.292. The second kappa shape index (κ2) is 11.6. The topological polar surface area (TPSA) is 80.8 Å². The highest BCUT2D eigenvalue weighted by Crippen LogP contribution is 2.35. The van der Waals surface area contributed by atoms with E-state index in [0.717, 1.165) is 72.3 Å². The monoisotopic (exact) mass is 571 g/mol. The fourth-order valence-electron chi connectivity index (χ4n) is 6.00. The van der Waals surface area contributed by atoms with Crippen LogP contribution in [0.4, 0.5) is 15.3 Å². The predicted octanol–water partition coefficient (Wildman–Crippen LogP) is 5.48. The molecule has 0 spiro atoms. The minimum Gasteiger partial charge on any atom is -0.340 e. The number of aryl methyl sites for hydroxylation is 1. The van der Waals surface area contributed by atoms with Gasteiger partial charge in [-0.15, -0.1) is 11.3 Å². The number of nitrogens with zero attached hydrogens (tertiary/aromatic N) is 7. The van der Waals surface area contributed by atoms with E-state index in [1.165, 1.54) is 17.7 Å². The number of nitriles is 1. The number of imidazole rings is 1. The molecule has 1 aromatic carbocycles. The Hall–Kier alpha value is -3.81. The molecule has 10 heteroatoms. The summed E-state index contributed by atoms with van der Waals surface area (Å²) in [4.78, 5) is 28.7. The lowest BCUT2D eigenvalue weighted by Crippen LogP contribution is -2.42. The number of halogens is 1. The van der Waals surface area contributed by atoms with Crippen molar-refractivity contribution in [2.45, 2.75) is 38.5 Å². The SMILES string of the molecule is CCc1nc2ccc(C3CCN(CC(=O)N4CC[C@H](C#N)C4)CC3)cn2c1N(C)c1nc(-c2ccc(F)cc2)cs1. The zero-order valence-electron chi connectivity index (χ0n) is 23.5. The molecule has 41 heavy (non-hydrogen) atoms. The number of aromatic nitrogens is 3. The van der Waals surface area contributed by atoms with Gasteiger partial charge in [-0.25, -0.2) is 14.4 Å². The summed E-state index contributed by atoms with van der Waals surface area (Å²) in [6.07, 6.45) is 5.79. The third kappa shape index (κ3) is 5.56. The van der Waals surface area contributed by atoms with Gasteiger partial charge in [0.2, 0.25) is 5.91 Å². The first-order chi connectivity index (χ1) is 19.9. The highest BCUT2D eigenvalue weighted by molar-refractivity contribution is 7.14. The van der Waals surface area contributed by atoms with Crippen LogP contribution in [0.5, 0.6) is 0 Å². The normalized spacial score (nSPS) is 18.2. The minimum atomic E-state index is -0.258. The number of thiazole rings is 1. The molecule has 0 aliphatic carbocycles. The summed E-state index contributed by atoms with van der Waals surface area (Å²) in [5.41, 5.74) is 4.91. The lowest BCUT2D eigenvalue weighted by Gasteiger charge is -2.32. The fourth-order valence-corrected chi connectivity index (χ4v) is 6.80. The maximum Gasteiger partial charge on any atom is 0.236 e. The van der Waals surface area contributed by atoms with Crippen molar-refractivity contribution in [3.8, 4) is 17.3 Å². The van der Waals surface area contributed by atoms with Gasteiger partial charge in [0.1, 0.15) is 17.3 Å². The second-order valence-corrected chi connectivity index (χ2v) is 11.8. The van der Waals surface area contributed by atoms with E-state index in [2.05, 4.69) is 45.5 Å². The van der Waals surface area contributed by atoms with Crippen molar-refractivity contribution in [2.75, 3.05) is 44.7 Å². The van der Waals surface area contributed by atoms with Gasteiger partial charge in [0.25, 0.3) is 0 Å². The number of hydrogen-bond acceptors (Lipinski definition) is 7. The molecule has 212 valence electrons.